The number of ether oxygens (including phenoxy) is 1. The summed E-state index contributed by atoms with van der Waals surface area (Å²) in [5, 5.41) is 0. The van der Waals surface area contributed by atoms with Crippen LogP contribution in [0, 0.1) is 5.92 Å². The minimum Gasteiger partial charge on any atom is -0.375 e. The van der Waals surface area contributed by atoms with Crippen LogP contribution in [0.3, 0.4) is 0 Å². The summed E-state index contributed by atoms with van der Waals surface area (Å²) in [6.45, 7) is 11.1. The lowest BCUT2D eigenvalue weighted by molar-refractivity contribution is -0.0484. The van der Waals surface area contributed by atoms with Crippen LogP contribution in [0.2, 0.25) is 0 Å². The van der Waals surface area contributed by atoms with Crippen molar-refractivity contribution in [1.82, 2.24) is 4.90 Å². The summed E-state index contributed by atoms with van der Waals surface area (Å²) in [5.41, 5.74) is 0. The Morgan fingerprint density at radius 2 is 2.29 bits per heavy atom. The number of morpholine rings is 1. The first-order valence-electron chi connectivity index (χ1n) is 5.65. The minimum absolute atomic E-state index is 0.454. The molecular weight excluding hydrogens is 194 g/mol. The minimum atomic E-state index is 0.454. The first-order valence-corrected chi connectivity index (χ1v) is 6.81. The molecule has 1 heterocycles. The summed E-state index contributed by atoms with van der Waals surface area (Å²) in [4.78, 5) is 2.54. The third-order valence-corrected chi connectivity index (χ3v) is 3.56. The molecule has 14 heavy (non-hydrogen) atoms. The highest BCUT2D eigenvalue weighted by molar-refractivity contribution is 7.99. The predicted molar refractivity (Wildman–Crippen MR) is 64.0 cm³/mol. The monoisotopic (exact) mass is 217 g/mol. The van der Waals surface area contributed by atoms with Crippen LogP contribution < -0.4 is 0 Å². The molecule has 0 saturated carbocycles. The Kier molecular flexibility index (Phi) is 5.90. The normalized spacial score (nSPS) is 24.4. The van der Waals surface area contributed by atoms with Gasteiger partial charge in [0, 0.05) is 25.4 Å². The van der Waals surface area contributed by atoms with Gasteiger partial charge < -0.3 is 4.74 Å². The van der Waals surface area contributed by atoms with Crippen molar-refractivity contribution in [3.05, 3.63) is 0 Å². The molecule has 0 radical (unpaired) electrons. The van der Waals surface area contributed by atoms with Gasteiger partial charge in [-0.15, -0.1) is 0 Å². The molecule has 0 bridgehead atoms. The number of hydrogen-bond donors (Lipinski definition) is 0. The second-order valence-corrected chi connectivity index (χ2v) is 5.54. The van der Waals surface area contributed by atoms with E-state index in [1.165, 1.54) is 18.1 Å². The van der Waals surface area contributed by atoms with Crippen LogP contribution >= 0.6 is 11.8 Å². The van der Waals surface area contributed by atoms with E-state index in [0.29, 0.717) is 12.0 Å². The Morgan fingerprint density at radius 3 is 2.93 bits per heavy atom. The van der Waals surface area contributed by atoms with Gasteiger partial charge >= 0.3 is 0 Å². The average molecular weight is 217 g/mol. The van der Waals surface area contributed by atoms with E-state index in [0.717, 1.165) is 19.7 Å². The van der Waals surface area contributed by atoms with Crippen molar-refractivity contribution >= 4 is 11.8 Å². The molecule has 1 aliphatic rings. The van der Waals surface area contributed by atoms with Gasteiger partial charge in [0.25, 0.3) is 0 Å². The summed E-state index contributed by atoms with van der Waals surface area (Å²) in [6, 6.07) is 0. The molecule has 84 valence electrons. The average Bonchev–Trinajstić information content (AvgIpc) is 2.19. The Hall–Kier alpha value is 0.270. The smallest absolute Gasteiger partial charge is 0.0725 e. The molecule has 1 aliphatic heterocycles. The van der Waals surface area contributed by atoms with E-state index in [4.69, 9.17) is 4.74 Å². The van der Waals surface area contributed by atoms with Crippen LogP contribution in [-0.2, 0) is 4.74 Å². The molecule has 2 nitrogen and oxygen atoms in total. The van der Waals surface area contributed by atoms with Crippen molar-refractivity contribution in [2.24, 2.45) is 5.92 Å². The van der Waals surface area contributed by atoms with Crippen LogP contribution in [0.15, 0.2) is 0 Å². The van der Waals surface area contributed by atoms with Gasteiger partial charge in [0.15, 0.2) is 0 Å². The van der Waals surface area contributed by atoms with Gasteiger partial charge in [-0.2, -0.15) is 11.8 Å². The molecule has 1 atom stereocenters. The molecular formula is C11H23NOS. The van der Waals surface area contributed by atoms with Gasteiger partial charge in [0.1, 0.15) is 0 Å². The van der Waals surface area contributed by atoms with Gasteiger partial charge in [0.2, 0.25) is 0 Å². The summed E-state index contributed by atoms with van der Waals surface area (Å²) in [6.07, 6.45) is 0.454. The van der Waals surface area contributed by atoms with Gasteiger partial charge in [-0.1, -0.05) is 20.8 Å². The number of rotatable bonds is 5. The van der Waals surface area contributed by atoms with E-state index >= 15 is 0 Å². The summed E-state index contributed by atoms with van der Waals surface area (Å²) < 4.78 is 5.73. The van der Waals surface area contributed by atoms with Crippen molar-refractivity contribution in [1.29, 1.82) is 0 Å². The molecule has 1 rings (SSSR count). The fraction of sp³-hybridized carbons (Fsp3) is 1.00. The molecule has 0 aromatic carbocycles. The molecule has 0 spiro atoms. The van der Waals surface area contributed by atoms with Gasteiger partial charge in [-0.05, 0) is 11.7 Å². The molecule has 0 aromatic rings. The van der Waals surface area contributed by atoms with Crippen LogP contribution in [0.1, 0.15) is 20.8 Å². The Labute approximate surface area is 92.4 Å². The van der Waals surface area contributed by atoms with Crippen LogP contribution in [0.5, 0.6) is 0 Å². The first kappa shape index (κ1) is 12.3. The fourth-order valence-corrected chi connectivity index (χ4v) is 2.35. The second kappa shape index (κ2) is 6.70. The molecule has 1 saturated heterocycles. The standard InChI is InChI=1S/C11H23NOS/c1-4-14-8-6-12-5-7-13-11(9-12)10(2)3/h10-11H,4-9H2,1-3H3. The fourth-order valence-electron chi connectivity index (χ4n) is 1.68. The molecule has 0 N–H and O–H groups in total. The molecule has 3 heteroatoms. The van der Waals surface area contributed by atoms with Gasteiger partial charge in [-0.3, -0.25) is 4.90 Å². The maximum absolute atomic E-state index is 5.73. The van der Waals surface area contributed by atoms with Crippen molar-refractivity contribution in [2.75, 3.05) is 37.7 Å². The third kappa shape index (κ3) is 4.20. The maximum atomic E-state index is 5.73. The van der Waals surface area contributed by atoms with Crippen molar-refractivity contribution in [3.63, 3.8) is 0 Å². The highest BCUT2D eigenvalue weighted by atomic mass is 32.2. The number of hydrogen-bond acceptors (Lipinski definition) is 3. The lowest BCUT2D eigenvalue weighted by Gasteiger charge is -2.34. The Morgan fingerprint density at radius 1 is 1.50 bits per heavy atom. The number of thioether (sulfide) groups is 1. The van der Waals surface area contributed by atoms with Gasteiger partial charge in [0.05, 0.1) is 12.7 Å². The summed E-state index contributed by atoms with van der Waals surface area (Å²) >= 11 is 2.03. The quantitative estimate of drug-likeness (QED) is 0.654. The zero-order valence-electron chi connectivity index (χ0n) is 9.66. The van der Waals surface area contributed by atoms with Crippen molar-refractivity contribution < 1.29 is 4.74 Å². The summed E-state index contributed by atoms with van der Waals surface area (Å²) in [5.74, 6) is 3.15. The highest BCUT2D eigenvalue weighted by Gasteiger charge is 2.22. The Bertz CT molecular complexity index is 152. The largest absolute Gasteiger partial charge is 0.375 e. The van der Waals surface area contributed by atoms with E-state index in [-0.39, 0.29) is 0 Å². The van der Waals surface area contributed by atoms with Crippen LogP contribution in [-0.4, -0.2) is 48.8 Å². The van der Waals surface area contributed by atoms with E-state index < -0.39 is 0 Å². The number of nitrogens with zero attached hydrogens (tertiary/aromatic N) is 1. The van der Waals surface area contributed by atoms with Crippen LogP contribution in [0.25, 0.3) is 0 Å². The van der Waals surface area contributed by atoms with E-state index in [2.05, 4.69) is 25.7 Å². The zero-order chi connectivity index (χ0) is 10.4. The summed E-state index contributed by atoms with van der Waals surface area (Å²) in [7, 11) is 0. The van der Waals surface area contributed by atoms with Crippen LogP contribution in [0.4, 0.5) is 0 Å². The maximum Gasteiger partial charge on any atom is 0.0725 e. The Balaban J connectivity index is 2.19. The molecule has 1 unspecified atom stereocenters. The molecule has 0 amide bonds. The van der Waals surface area contributed by atoms with Gasteiger partial charge in [-0.25, -0.2) is 0 Å². The van der Waals surface area contributed by atoms with Crippen molar-refractivity contribution in [2.45, 2.75) is 26.9 Å². The lowest BCUT2D eigenvalue weighted by Crippen LogP contribution is -2.45. The van der Waals surface area contributed by atoms with E-state index in [9.17, 15) is 0 Å². The second-order valence-electron chi connectivity index (χ2n) is 4.15. The molecule has 0 aromatic heterocycles. The highest BCUT2D eigenvalue weighted by Crippen LogP contribution is 2.13. The van der Waals surface area contributed by atoms with E-state index in [1.807, 2.05) is 11.8 Å². The van der Waals surface area contributed by atoms with Crippen molar-refractivity contribution in [3.8, 4) is 0 Å². The zero-order valence-corrected chi connectivity index (χ0v) is 10.5. The SMILES string of the molecule is CCSCCN1CCOC(C(C)C)C1. The lowest BCUT2D eigenvalue weighted by atomic mass is 10.1. The third-order valence-electron chi connectivity index (χ3n) is 2.68. The van der Waals surface area contributed by atoms with E-state index in [1.54, 1.807) is 0 Å². The predicted octanol–water partition coefficient (Wildman–Crippen LogP) is 2.10. The molecule has 1 fully saturated rings. The topological polar surface area (TPSA) is 12.5 Å². The first-order chi connectivity index (χ1) is 6.74. The molecule has 0 aliphatic carbocycles.